The standard InChI is InChI=1S/C12H17BrN2O/c1-9-5-11(13)12(14-6-9)15-4-2-3-10(7-15)8-16/h5-6,10,16H,2-4,7-8H2,1H3. The molecular formula is C12H17BrN2O. The first-order chi connectivity index (χ1) is 7.70. The Morgan fingerprint density at radius 3 is 3.12 bits per heavy atom. The number of aliphatic hydroxyl groups excluding tert-OH is 1. The predicted octanol–water partition coefficient (Wildman–Crippen LogP) is 2.36. The van der Waals surface area contributed by atoms with Gasteiger partial charge in [0.1, 0.15) is 5.82 Å². The molecule has 0 amide bonds. The lowest BCUT2D eigenvalue weighted by Gasteiger charge is -2.33. The maximum atomic E-state index is 9.21. The average Bonchev–Trinajstić information content (AvgIpc) is 2.29. The van der Waals surface area contributed by atoms with Crippen molar-refractivity contribution < 1.29 is 5.11 Å². The Labute approximate surface area is 105 Å². The number of aliphatic hydroxyl groups is 1. The third kappa shape index (κ3) is 2.55. The van der Waals surface area contributed by atoms with Crippen LogP contribution < -0.4 is 4.90 Å². The van der Waals surface area contributed by atoms with Crippen LogP contribution in [0.3, 0.4) is 0 Å². The van der Waals surface area contributed by atoms with Crippen LogP contribution in [0, 0.1) is 12.8 Å². The topological polar surface area (TPSA) is 36.4 Å². The van der Waals surface area contributed by atoms with Crippen molar-refractivity contribution in [1.29, 1.82) is 0 Å². The molecule has 1 atom stereocenters. The Morgan fingerprint density at radius 1 is 1.62 bits per heavy atom. The van der Waals surface area contributed by atoms with E-state index in [1.165, 1.54) is 0 Å². The molecule has 0 saturated carbocycles. The maximum absolute atomic E-state index is 9.21. The molecule has 88 valence electrons. The highest BCUT2D eigenvalue weighted by molar-refractivity contribution is 9.10. The zero-order valence-corrected chi connectivity index (χ0v) is 11.1. The molecule has 0 aliphatic carbocycles. The first-order valence-electron chi connectivity index (χ1n) is 5.68. The van der Waals surface area contributed by atoms with E-state index in [9.17, 15) is 5.11 Å². The van der Waals surface area contributed by atoms with Gasteiger partial charge >= 0.3 is 0 Å². The fourth-order valence-corrected chi connectivity index (χ4v) is 2.88. The van der Waals surface area contributed by atoms with Gasteiger partial charge in [0, 0.05) is 25.9 Å². The third-order valence-electron chi connectivity index (χ3n) is 3.04. The molecule has 0 spiro atoms. The number of piperidine rings is 1. The molecule has 1 N–H and O–H groups in total. The predicted molar refractivity (Wildman–Crippen MR) is 68.7 cm³/mol. The lowest BCUT2D eigenvalue weighted by Crippen LogP contribution is -2.37. The molecule has 1 aromatic heterocycles. The van der Waals surface area contributed by atoms with Crippen LogP contribution in [-0.4, -0.2) is 29.8 Å². The van der Waals surface area contributed by atoms with Crippen molar-refractivity contribution in [3.05, 3.63) is 22.3 Å². The van der Waals surface area contributed by atoms with Crippen LogP contribution in [-0.2, 0) is 0 Å². The van der Waals surface area contributed by atoms with Crippen molar-refractivity contribution >= 4 is 21.7 Å². The number of hydrogen-bond donors (Lipinski definition) is 1. The quantitative estimate of drug-likeness (QED) is 0.906. The number of halogens is 1. The van der Waals surface area contributed by atoms with Crippen molar-refractivity contribution in [1.82, 2.24) is 4.98 Å². The zero-order chi connectivity index (χ0) is 11.5. The zero-order valence-electron chi connectivity index (χ0n) is 9.49. The number of hydrogen-bond acceptors (Lipinski definition) is 3. The van der Waals surface area contributed by atoms with Gasteiger partial charge in [0.15, 0.2) is 0 Å². The van der Waals surface area contributed by atoms with Gasteiger partial charge in [-0.1, -0.05) is 0 Å². The number of anilines is 1. The summed E-state index contributed by atoms with van der Waals surface area (Å²) in [7, 11) is 0. The number of rotatable bonds is 2. The number of aryl methyl sites for hydroxylation is 1. The minimum absolute atomic E-state index is 0.278. The van der Waals surface area contributed by atoms with E-state index < -0.39 is 0 Å². The second-order valence-corrected chi connectivity index (χ2v) is 5.31. The summed E-state index contributed by atoms with van der Waals surface area (Å²) in [4.78, 5) is 6.73. The van der Waals surface area contributed by atoms with Crippen molar-refractivity contribution in [2.45, 2.75) is 19.8 Å². The van der Waals surface area contributed by atoms with Crippen LogP contribution in [0.2, 0.25) is 0 Å². The Hall–Kier alpha value is -0.610. The van der Waals surface area contributed by atoms with Gasteiger partial charge in [0.05, 0.1) is 4.47 Å². The molecule has 1 aromatic rings. The molecule has 0 radical (unpaired) electrons. The molecule has 2 rings (SSSR count). The summed E-state index contributed by atoms with van der Waals surface area (Å²) >= 11 is 3.56. The average molecular weight is 285 g/mol. The van der Waals surface area contributed by atoms with Crippen LogP contribution in [0.5, 0.6) is 0 Å². The molecule has 2 heterocycles. The third-order valence-corrected chi connectivity index (χ3v) is 3.62. The van der Waals surface area contributed by atoms with Crippen LogP contribution >= 0.6 is 15.9 Å². The maximum Gasteiger partial charge on any atom is 0.142 e. The van der Waals surface area contributed by atoms with Crippen molar-refractivity contribution in [2.75, 3.05) is 24.6 Å². The number of pyridine rings is 1. The summed E-state index contributed by atoms with van der Waals surface area (Å²) in [5, 5.41) is 9.21. The fourth-order valence-electron chi connectivity index (χ4n) is 2.17. The van der Waals surface area contributed by atoms with Crippen molar-refractivity contribution in [3.63, 3.8) is 0 Å². The van der Waals surface area contributed by atoms with Gasteiger partial charge in [0.2, 0.25) is 0 Å². The van der Waals surface area contributed by atoms with Crippen LogP contribution in [0.15, 0.2) is 16.7 Å². The minimum Gasteiger partial charge on any atom is -0.396 e. The molecule has 1 aliphatic rings. The Balaban J connectivity index is 2.16. The van der Waals surface area contributed by atoms with Gasteiger partial charge in [-0.25, -0.2) is 4.98 Å². The van der Waals surface area contributed by atoms with Crippen LogP contribution in [0.25, 0.3) is 0 Å². The van der Waals surface area contributed by atoms with E-state index in [4.69, 9.17) is 0 Å². The molecule has 1 saturated heterocycles. The second-order valence-electron chi connectivity index (χ2n) is 4.45. The molecular weight excluding hydrogens is 268 g/mol. The highest BCUT2D eigenvalue weighted by Gasteiger charge is 2.21. The highest BCUT2D eigenvalue weighted by atomic mass is 79.9. The lowest BCUT2D eigenvalue weighted by atomic mass is 9.99. The number of aromatic nitrogens is 1. The first-order valence-corrected chi connectivity index (χ1v) is 6.48. The Bertz CT molecular complexity index is 370. The Kier molecular flexibility index (Phi) is 3.82. The van der Waals surface area contributed by atoms with Crippen molar-refractivity contribution in [3.8, 4) is 0 Å². The van der Waals surface area contributed by atoms with E-state index in [1.807, 2.05) is 13.1 Å². The summed E-state index contributed by atoms with van der Waals surface area (Å²) in [6.45, 7) is 4.25. The summed E-state index contributed by atoms with van der Waals surface area (Å²) < 4.78 is 1.05. The van der Waals surface area contributed by atoms with Gasteiger partial charge < -0.3 is 10.0 Å². The molecule has 1 fully saturated rings. The van der Waals surface area contributed by atoms with E-state index in [1.54, 1.807) is 0 Å². The van der Waals surface area contributed by atoms with E-state index in [0.717, 1.165) is 41.8 Å². The van der Waals surface area contributed by atoms with Gasteiger partial charge in [-0.3, -0.25) is 0 Å². The van der Waals surface area contributed by atoms with Gasteiger partial charge in [-0.05, 0) is 53.2 Å². The lowest BCUT2D eigenvalue weighted by molar-refractivity contribution is 0.208. The molecule has 0 aromatic carbocycles. The summed E-state index contributed by atoms with van der Waals surface area (Å²) in [6.07, 6.45) is 4.15. The summed E-state index contributed by atoms with van der Waals surface area (Å²) in [5.74, 6) is 1.40. The van der Waals surface area contributed by atoms with Gasteiger partial charge in [-0.15, -0.1) is 0 Å². The molecule has 1 aliphatic heterocycles. The smallest absolute Gasteiger partial charge is 0.142 e. The Morgan fingerprint density at radius 2 is 2.44 bits per heavy atom. The molecule has 4 heteroatoms. The molecule has 0 bridgehead atoms. The molecule has 16 heavy (non-hydrogen) atoms. The first kappa shape index (κ1) is 11.9. The SMILES string of the molecule is Cc1cnc(N2CCCC(CO)C2)c(Br)c1. The van der Waals surface area contributed by atoms with Crippen molar-refractivity contribution in [2.24, 2.45) is 5.92 Å². The fraction of sp³-hybridized carbons (Fsp3) is 0.583. The summed E-state index contributed by atoms with van der Waals surface area (Å²) in [6, 6.07) is 2.09. The van der Waals surface area contributed by atoms with Gasteiger partial charge in [-0.2, -0.15) is 0 Å². The van der Waals surface area contributed by atoms with E-state index >= 15 is 0 Å². The summed E-state index contributed by atoms with van der Waals surface area (Å²) in [5.41, 5.74) is 1.16. The normalized spacial score (nSPS) is 21.2. The largest absolute Gasteiger partial charge is 0.396 e. The van der Waals surface area contributed by atoms with Crippen LogP contribution in [0.4, 0.5) is 5.82 Å². The number of nitrogens with zero attached hydrogens (tertiary/aromatic N) is 2. The highest BCUT2D eigenvalue weighted by Crippen LogP contribution is 2.28. The van der Waals surface area contributed by atoms with E-state index in [2.05, 4.69) is 31.9 Å². The van der Waals surface area contributed by atoms with E-state index in [0.29, 0.717) is 5.92 Å². The van der Waals surface area contributed by atoms with Crippen LogP contribution in [0.1, 0.15) is 18.4 Å². The molecule has 1 unspecified atom stereocenters. The second kappa shape index (κ2) is 5.15. The van der Waals surface area contributed by atoms with E-state index in [-0.39, 0.29) is 6.61 Å². The van der Waals surface area contributed by atoms with Gasteiger partial charge in [0.25, 0.3) is 0 Å². The monoisotopic (exact) mass is 284 g/mol. The minimum atomic E-state index is 0.278. The molecule has 3 nitrogen and oxygen atoms in total.